The Bertz CT molecular complexity index is 270. The molecule has 2 N–H and O–H groups in total. The second-order valence-corrected chi connectivity index (χ2v) is 4.18. The molecule has 16 heavy (non-hydrogen) atoms. The van der Waals surface area contributed by atoms with E-state index in [0.29, 0.717) is 19.0 Å². The Morgan fingerprint density at radius 2 is 2.19 bits per heavy atom. The fourth-order valence-corrected chi connectivity index (χ4v) is 1.96. The number of nitrogens with one attached hydrogen (secondary N) is 1. The lowest BCUT2D eigenvalue weighted by atomic mass is 9.96. The molecule has 2 atom stereocenters. The first-order chi connectivity index (χ1) is 7.52. The molecule has 0 spiro atoms. The first kappa shape index (κ1) is 12.8. The normalized spacial score (nSPS) is 25.2. The smallest absolute Gasteiger partial charge is 0.407 e. The summed E-state index contributed by atoms with van der Waals surface area (Å²) in [5.41, 5.74) is 0. The van der Waals surface area contributed by atoms with Crippen LogP contribution in [0.25, 0.3) is 0 Å². The highest BCUT2D eigenvalue weighted by molar-refractivity contribution is 5.71. The quantitative estimate of drug-likeness (QED) is 0.674. The molecule has 1 aliphatic heterocycles. The van der Waals surface area contributed by atoms with Crippen molar-refractivity contribution >= 4 is 12.1 Å². The van der Waals surface area contributed by atoms with Crippen LogP contribution in [0.2, 0.25) is 0 Å². The molecule has 0 aliphatic carbocycles. The van der Waals surface area contributed by atoms with Crippen molar-refractivity contribution in [1.29, 1.82) is 0 Å². The van der Waals surface area contributed by atoms with Crippen molar-refractivity contribution in [3.8, 4) is 0 Å². The Morgan fingerprint density at radius 3 is 2.75 bits per heavy atom. The van der Waals surface area contributed by atoms with Gasteiger partial charge in [0.05, 0.1) is 13.7 Å². The lowest BCUT2D eigenvalue weighted by Gasteiger charge is -2.35. The molecule has 0 bridgehead atoms. The lowest BCUT2D eigenvalue weighted by Crippen LogP contribution is -2.51. The number of methoxy groups -OCH3 is 1. The third-order valence-electron chi connectivity index (χ3n) is 2.69. The molecule has 6 nitrogen and oxygen atoms in total. The SMILES string of the molecule is COC(=O)CNC1CC(C)CN(C(=O)O)C1. The second-order valence-electron chi connectivity index (χ2n) is 4.18. The van der Waals surface area contributed by atoms with Gasteiger partial charge >= 0.3 is 12.1 Å². The van der Waals surface area contributed by atoms with E-state index in [2.05, 4.69) is 10.1 Å². The van der Waals surface area contributed by atoms with Gasteiger partial charge in [-0.15, -0.1) is 0 Å². The number of piperidine rings is 1. The summed E-state index contributed by atoms with van der Waals surface area (Å²) in [4.78, 5) is 23.2. The molecule has 0 aromatic rings. The van der Waals surface area contributed by atoms with Crippen LogP contribution in [-0.2, 0) is 9.53 Å². The van der Waals surface area contributed by atoms with Crippen LogP contribution in [0, 0.1) is 5.92 Å². The molecule has 6 heteroatoms. The van der Waals surface area contributed by atoms with Crippen LogP contribution in [0.5, 0.6) is 0 Å². The second kappa shape index (κ2) is 5.69. The number of nitrogens with zero attached hydrogens (tertiary/aromatic N) is 1. The maximum atomic E-state index is 10.9. The van der Waals surface area contributed by atoms with E-state index in [1.807, 2.05) is 6.92 Å². The number of ether oxygens (including phenoxy) is 1. The maximum absolute atomic E-state index is 10.9. The first-order valence-corrected chi connectivity index (χ1v) is 5.31. The highest BCUT2D eigenvalue weighted by Crippen LogP contribution is 2.16. The molecule has 0 saturated carbocycles. The molecule has 0 radical (unpaired) electrons. The number of rotatable bonds is 3. The highest BCUT2D eigenvalue weighted by Gasteiger charge is 2.27. The predicted octanol–water partition coefficient (Wildman–Crippen LogP) is 0.137. The summed E-state index contributed by atoms with van der Waals surface area (Å²) in [6.07, 6.45) is -0.0303. The number of likely N-dealkylation sites (tertiary alicyclic amines) is 1. The summed E-state index contributed by atoms with van der Waals surface area (Å²) in [7, 11) is 1.33. The van der Waals surface area contributed by atoms with Gasteiger partial charge in [0.25, 0.3) is 0 Å². The number of carbonyl (C=O) groups is 2. The molecule has 1 rings (SSSR count). The standard InChI is InChI=1S/C10H18N2O4/c1-7-3-8(11-4-9(13)16-2)6-12(5-7)10(14)15/h7-8,11H,3-6H2,1-2H3,(H,14,15). The van der Waals surface area contributed by atoms with E-state index in [9.17, 15) is 9.59 Å². The van der Waals surface area contributed by atoms with Crippen molar-refractivity contribution < 1.29 is 19.4 Å². The van der Waals surface area contributed by atoms with Crippen LogP contribution in [-0.4, -0.2) is 54.9 Å². The van der Waals surface area contributed by atoms with E-state index in [-0.39, 0.29) is 18.6 Å². The largest absolute Gasteiger partial charge is 0.468 e. The minimum absolute atomic E-state index is 0.0268. The molecule has 1 aliphatic rings. The van der Waals surface area contributed by atoms with Crippen molar-refractivity contribution in [1.82, 2.24) is 10.2 Å². The van der Waals surface area contributed by atoms with Gasteiger partial charge in [-0.05, 0) is 12.3 Å². The monoisotopic (exact) mass is 230 g/mol. The van der Waals surface area contributed by atoms with Gasteiger partial charge in [0.1, 0.15) is 0 Å². The molecule has 2 unspecified atom stereocenters. The minimum atomic E-state index is -0.906. The van der Waals surface area contributed by atoms with Crippen LogP contribution in [0.15, 0.2) is 0 Å². The van der Waals surface area contributed by atoms with Crippen molar-refractivity contribution in [3.05, 3.63) is 0 Å². The van der Waals surface area contributed by atoms with Crippen LogP contribution in [0.1, 0.15) is 13.3 Å². The third-order valence-corrected chi connectivity index (χ3v) is 2.69. The Hall–Kier alpha value is -1.30. The fourth-order valence-electron chi connectivity index (χ4n) is 1.96. The summed E-state index contributed by atoms with van der Waals surface area (Å²) >= 11 is 0. The van der Waals surface area contributed by atoms with Gasteiger partial charge < -0.3 is 20.1 Å². The Balaban J connectivity index is 2.41. The summed E-state index contributed by atoms with van der Waals surface area (Å²) in [5, 5.41) is 11.9. The average molecular weight is 230 g/mol. The molecule has 0 aromatic heterocycles. The Morgan fingerprint density at radius 1 is 1.50 bits per heavy atom. The van der Waals surface area contributed by atoms with Crippen LogP contribution in [0.4, 0.5) is 4.79 Å². The van der Waals surface area contributed by atoms with Crippen molar-refractivity contribution in [2.24, 2.45) is 5.92 Å². The minimum Gasteiger partial charge on any atom is -0.468 e. The zero-order valence-electron chi connectivity index (χ0n) is 9.60. The van der Waals surface area contributed by atoms with Crippen LogP contribution in [0.3, 0.4) is 0 Å². The van der Waals surface area contributed by atoms with Crippen molar-refractivity contribution in [2.75, 3.05) is 26.7 Å². The zero-order chi connectivity index (χ0) is 12.1. The summed E-state index contributed by atoms with van der Waals surface area (Å²) in [6.45, 7) is 3.12. The van der Waals surface area contributed by atoms with Gasteiger partial charge in [-0.25, -0.2) is 4.79 Å². The van der Waals surface area contributed by atoms with Gasteiger partial charge in [0.15, 0.2) is 0 Å². The molecule has 1 heterocycles. The Kier molecular flexibility index (Phi) is 4.54. The number of amides is 1. The van der Waals surface area contributed by atoms with Gasteiger partial charge in [0, 0.05) is 19.1 Å². The molecule has 92 valence electrons. The van der Waals surface area contributed by atoms with E-state index in [4.69, 9.17) is 5.11 Å². The summed E-state index contributed by atoms with van der Waals surface area (Å²) in [5.74, 6) is -0.0277. The van der Waals surface area contributed by atoms with E-state index in [0.717, 1.165) is 6.42 Å². The van der Waals surface area contributed by atoms with E-state index < -0.39 is 6.09 Å². The van der Waals surface area contributed by atoms with Gasteiger partial charge in [-0.3, -0.25) is 4.79 Å². The first-order valence-electron chi connectivity index (χ1n) is 5.31. The van der Waals surface area contributed by atoms with Gasteiger partial charge in [-0.1, -0.05) is 6.92 Å². The average Bonchev–Trinajstić information content (AvgIpc) is 2.25. The van der Waals surface area contributed by atoms with Crippen LogP contribution < -0.4 is 5.32 Å². The molecular weight excluding hydrogens is 212 g/mol. The number of hydrogen-bond acceptors (Lipinski definition) is 4. The van der Waals surface area contributed by atoms with Crippen molar-refractivity contribution in [2.45, 2.75) is 19.4 Å². The summed E-state index contributed by atoms with van der Waals surface area (Å²) < 4.78 is 4.51. The molecular formula is C10H18N2O4. The van der Waals surface area contributed by atoms with E-state index in [1.165, 1.54) is 12.0 Å². The number of hydrogen-bond donors (Lipinski definition) is 2. The Labute approximate surface area is 94.6 Å². The molecule has 0 aromatic carbocycles. The maximum Gasteiger partial charge on any atom is 0.407 e. The molecule has 1 fully saturated rings. The van der Waals surface area contributed by atoms with E-state index >= 15 is 0 Å². The molecule has 1 saturated heterocycles. The zero-order valence-corrected chi connectivity index (χ0v) is 9.60. The highest BCUT2D eigenvalue weighted by atomic mass is 16.5. The van der Waals surface area contributed by atoms with Crippen molar-refractivity contribution in [3.63, 3.8) is 0 Å². The number of carboxylic acid groups (broad SMARTS) is 1. The van der Waals surface area contributed by atoms with Gasteiger partial charge in [-0.2, -0.15) is 0 Å². The number of carbonyl (C=O) groups excluding carboxylic acids is 1. The predicted molar refractivity (Wildman–Crippen MR) is 57.2 cm³/mol. The third kappa shape index (κ3) is 3.69. The lowest BCUT2D eigenvalue weighted by molar-refractivity contribution is -0.139. The number of esters is 1. The van der Waals surface area contributed by atoms with E-state index in [1.54, 1.807) is 0 Å². The molecule has 1 amide bonds. The topological polar surface area (TPSA) is 78.9 Å². The van der Waals surface area contributed by atoms with Gasteiger partial charge in [0.2, 0.25) is 0 Å². The summed E-state index contributed by atoms with van der Waals surface area (Å²) in [6, 6.07) is 0.0268. The fraction of sp³-hybridized carbons (Fsp3) is 0.800. The van der Waals surface area contributed by atoms with Crippen LogP contribution >= 0.6 is 0 Å².